The third-order valence-corrected chi connectivity index (χ3v) is 5.38. The number of hydrogen-bond donors (Lipinski definition) is 3. The second-order valence-corrected chi connectivity index (χ2v) is 8.84. The number of carboxylic acid groups (broad SMARTS) is 1. The number of hydrogen-bond acceptors (Lipinski definition) is 6. The number of nitrogens with zero attached hydrogens (tertiary/aromatic N) is 3. The van der Waals surface area contributed by atoms with Crippen LogP contribution in [0.5, 0.6) is 0 Å². The van der Waals surface area contributed by atoms with E-state index in [1.165, 1.54) is 12.5 Å². The van der Waals surface area contributed by atoms with Crippen molar-refractivity contribution >= 4 is 29.1 Å². The predicted molar refractivity (Wildman–Crippen MR) is 120 cm³/mol. The molecule has 0 radical (unpaired) electrons. The van der Waals surface area contributed by atoms with Crippen molar-refractivity contribution in [3.05, 3.63) is 52.1 Å². The first kappa shape index (κ1) is 22.3. The number of piperidine rings is 1. The average molecular weight is 428 g/mol. The fourth-order valence-corrected chi connectivity index (χ4v) is 3.80. The zero-order valence-electron chi connectivity index (χ0n) is 18.1. The number of benzene rings is 1. The van der Waals surface area contributed by atoms with Crippen LogP contribution in [-0.4, -0.2) is 34.2 Å². The zero-order valence-corrected chi connectivity index (χ0v) is 18.1. The molecule has 1 amide bonds. The number of anilines is 3. The highest BCUT2D eigenvalue weighted by Crippen LogP contribution is 2.34. The minimum Gasteiger partial charge on any atom is -0.465 e. The Morgan fingerprint density at radius 2 is 1.77 bits per heavy atom. The molecule has 3 N–H and O–H groups in total. The molecule has 1 aliphatic heterocycles. The first-order chi connectivity index (χ1) is 14.6. The quantitative estimate of drug-likeness (QED) is 0.434. The Labute approximate surface area is 181 Å². The van der Waals surface area contributed by atoms with Gasteiger partial charge in [0, 0.05) is 24.8 Å². The molecule has 3 rings (SSSR count). The van der Waals surface area contributed by atoms with Crippen molar-refractivity contribution in [2.24, 2.45) is 5.41 Å². The van der Waals surface area contributed by atoms with E-state index in [4.69, 9.17) is 0 Å². The molecule has 166 valence electrons. The van der Waals surface area contributed by atoms with Gasteiger partial charge in [-0.25, -0.2) is 9.78 Å². The third kappa shape index (κ3) is 5.62. The highest BCUT2D eigenvalue weighted by atomic mass is 16.6. The lowest BCUT2D eigenvalue weighted by Gasteiger charge is -2.31. The van der Waals surface area contributed by atoms with Gasteiger partial charge >= 0.3 is 11.8 Å². The first-order valence-electron chi connectivity index (χ1n) is 10.4. The summed E-state index contributed by atoms with van der Waals surface area (Å²) in [6.45, 7) is 7.66. The van der Waals surface area contributed by atoms with Crippen LogP contribution in [0.4, 0.5) is 27.8 Å². The summed E-state index contributed by atoms with van der Waals surface area (Å²) in [5.74, 6) is 0.916. The molecule has 2 heterocycles. The molecular weight excluding hydrogens is 398 g/mol. The van der Waals surface area contributed by atoms with Gasteiger partial charge in [-0.1, -0.05) is 32.9 Å². The third-order valence-electron chi connectivity index (χ3n) is 5.38. The molecule has 0 aliphatic carbocycles. The van der Waals surface area contributed by atoms with Crippen LogP contribution in [0.1, 0.15) is 51.6 Å². The van der Waals surface area contributed by atoms with Gasteiger partial charge in [-0.2, -0.15) is 0 Å². The second kappa shape index (κ2) is 9.20. The fraction of sp³-hybridized carbons (Fsp3) is 0.455. The first-order valence-corrected chi connectivity index (χ1v) is 10.4. The van der Waals surface area contributed by atoms with E-state index < -0.39 is 17.1 Å². The minimum absolute atomic E-state index is 0.0926. The van der Waals surface area contributed by atoms with Gasteiger partial charge in [0.15, 0.2) is 0 Å². The van der Waals surface area contributed by atoms with Crippen molar-refractivity contribution in [3.63, 3.8) is 0 Å². The summed E-state index contributed by atoms with van der Waals surface area (Å²) < 4.78 is 0. The Bertz CT molecular complexity index is 934. The normalized spacial score (nSPS) is 15.3. The maximum Gasteiger partial charge on any atom is 0.405 e. The molecule has 0 saturated carbocycles. The summed E-state index contributed by atoms with van der Waals surface area (Å²) in [5.41, 5.74) is 1.03. The van der Waals surface area contributed by atoms with E-state index in [0.29, 0.717) is 5.69 Å². The zero-order chi connectivity index (χ0) is 22.6. The summed E-state index contributed by atoms with van der Waals surface area (Å²) in [5, 5.41) is 26.3. The van der Waals surface area contributed by atoms with Gasteiger partial charge in [0.25, 0.3) is 0 Å². The molecule has 0 spiro atoms. The second-order valence-electron chi connectivity index (χ2n) is 8.84. The SMILES string of the molecule is CC(C)(C)C(NC(=O)O)c1ccc(Nc2nc(N3CCCCC3)ccc2[N+](=O)[O-])cc1. The Morgan fingerprint density at radius 1 is 1.13 bits per heavy atom. The van der Waals surface area contributed by atoms with Crippen molar-refractivity contribution in [2.75, 3.05) is 23.3 Å². The molecule has 1 aliphatic rings. The minimum atomic E-state index is -1.09. The van der Waals surface area contributed by atoms with Crippen molar-refractivity contribution in [2.45, 2.75) is 46.1 Å². The molecule has 9 nitrogen and oxygen atoms in total. The Hall–Kier alpha value is -3.36. The molecule has 9 heteroatoms. The molecule has 1 aromatic heterocycles. The van der Waals surface area contributed by atoms with Crippen LogP contribution < -0.4 is 15.5 Å². The van der Waals surface area contributed by atoms with Crippen LogP contribution in [0.25, 0.3) is 0 Å². The molecule has 1 saturated heterocycles. The van der Waals surface area contributed by atoms with Crippen LogP contribution in [0.15, 0.2) is 36.4 Å². The van der Waals surface area contributed by atoms with Gasteiger partial charge < -0.3 is 20.6 Å². The van der Waals surface area contributed by atoms with E-state index >= 15 is 0 Å². The highest BCUT2D eigenvalue weighted by Gasteiger charge is 2.28. The topological polar surface area (TPSA) is 121 Å². The van der Waals surface area contributed by atoms with Gasteiger partial charge in [0.2, 0.25) is 5.82 Å². The van der Waals surface area contributed by atoms with Crippen molar-refractivity contribution < 1.29 is 14.8 Å². The maximum atomic E-state index is 11.5. The Balaban J connectivity index is 1.85. The average Bonchev–Trinajstić information content (AvgIpc) is 2.72. The smallest absolute Gasteiger partial charge is 0.405 e. The van der Waals surface area contributed by atoms with Gasteiger partial charge in [-0.05, 0) is 48.4 Å². The van der Waals surface area contributed by atoms with Crippen molar-refractivity contribution in [1.29, 1.82) is 0 Å². The summed E-state index contributed by atoms with van der Waals surface area (Å²) in [4.78, 5) is 28.9. The lowest BCUT2D eigenvalue weighted by Crippen LogP contribution is -2.35. The van der Waals surface area contributed by atoms with Crippen molar-refractivity contribution in [1.82, 2.24) is 10.3 Å². The summed E-state index contributed by atoms with van der Waals surface area (Å²) >= 11 is 0. The van der Waals surface area contributed by atoms with Gasteiger partial charge in [0.1, 0.15) is 5.82 Å². The lowest BCUT2D eigenvalue weighted by atomic mass is 9.82. The van der Waals surface area contributed by atoms with E-state index in [-0.39, 0.29) is 16.9 Å². The van der Waals surface area contributed by atoms with Crippen LogP contribution in [0.2, 0.25) is 0 Å². The monoisotopic (exact) mass is 427 g/mol. The Kier molecular flexibility index (Phi) is 6.62. The van der Waals surface area contributed by atoms with Crippen LogP contribution in [-0.2, 0) is 0 Å². The number of nitrogens with one attached hydrogen (secondary N) is 2. The predicted octanol–water partition coefficient (Wildman–Crippen LogP) is 5.08. The van der Waals surface area contributed by atoms with E-state index in [2.05, 4.69) is 20.5 Å². The van der Waals surface area contributed by atoms with Crippen LogP contribution >= 0.6 is 0 Å². The summed E-state index contributed by atoms with van der Waals surface area (Å²) in [7, 11) is 0. The van der Waals surface area contributed by atoms with Crippen LogP contribution in [0.3, 0.4) is 0 Å². The van der Waals surface area contributed by atoms with Gasteiger partial charge in [0.05, 0.1) is 11.0 Å². The highest BCUT2D eigenvalue weighted by molar-refractivity contribution is 5.68. The molecule has 1 aromatic carbocycles. The molecule has 0 bridgehead atoms. The Morgan fingerprint density at radius 3 is 2.32 bits per heavy atom. The molecule has 2 aromatic rings. The number of aromatic nitrogens is 1. The number of pyridine rings is 1. The molecular formula is C22H29N5O4. The van der Waals surface area contributed by atoms with E-state index in [1.807, 2.05) is 32.9 Å². The molecule has 1 unspecified atom stereocenters. The van der Waals surface area contributed by atoms with E-state index in [1.54, 1.807) is 18.2 Å². The fourth-order valence-electron chi connectivity index (χ4n) is 3.80. The maximum absolute atomic E-state index is 11.5. The standard InChI is InChI=1S/C22H29N5O4/c1-22(2,3)19(25-21(28)29)15-7-9-16(10-8-15)23-20-17(27(30)31)11-12-18(24-20)26-13-5-4-6-14-26/h7-12,19,25H,4-6,13-14H2,1-3H3,(H,23,24)(H,28,29). The van der Waals surface area contributed by atoms with E-state index in [0.717, 1.165) is 37.3 Å². The lowest BCUT2D eigenvalue weighted by molar-refractivity contribution is -0.384. The van der Waals surface area contributed by atoms with Crippen molar-refractivity contribution in [3.8, 4) is 0 Å². The van der Waals surface area contributed by atoms with E-state index in [9.17, 15) is 20.0 Å². The summed E-state index contributed by atoms with van der Waals surface area (Å²) in [6.07, 6.45) is 2.27. The summed E-state index contributed by atoms with van der Waals surface area (Å²) in [6, 6.07) is 9.97. The number of rotatable bonds is 6. The number of nitro groups is 1. The molecule has 1 atom stereocenters. The molecule has 31 heavy (non-hydrogen) atoms. The van der Waals surface area contributed by atoms with Gasteiger partial charge in [-0.15, -0.1) is 0 Å². The number of amides is 1. The number of carbonyl (C=O) groups is 1. The molecule has 1 fully saturated rings. The largest absolute Gasteiger partial charge is 0.465 e. The van der Waals surface area contributed by atoms with Gasteiger partial charge in [-0.3, -0.25) is 10.1 Å². The van der Waals surface area contributed by atoms with Crippen LogP contribution in [0, 0.1) is 15.5 Å².